The van der Waals surface area contributed by atoms with Crippen molar-refractivity contribution in [2.24, 2.45) is 0 Å². The van der Waals surface area contributed by atoms with Gasteiger partial charge in [0.1, 0.15) is 16.5 Å². The van der Waals surface area contributed by atoms with E-state index in [-0.39, 0.29) is 5.04 Å². The number of hydrogen-bond acceptors (Lipinski definition) is 1. The predicted octanol–water partition coefficient (Wildman–Crippen LogP) is 9.39. The minimum atomic E-state index is -1.73. The van der Waals surface area contributed by atoms with Crippen LogP contribution in [0.15, 0.2) is 121 Å². The van der Waals surface area contributed by atoms with Crippen molar-refractivity contribution in [1.29, 1.82) is 0 Å². The summed E-state index contributed by atoms with van der Waals surface area (Å²) in [5, 5.41) is -0.112. The van der Waals surface area contributed by atoms with Crippen LogP contribution in [0.5, 0.6) is 0 Å². The molecule has 0 spiro atoms. The Labute approximate surface area is 240 Å². The third-order valence-electron chi connectivity index (χ3n) is 8.06. The standard InChI is InChI=1S/C35H42NSi3/c1-35(31-26-18-11-19-27-31)33(29-22-14-9-15-23-29)32(28-20-12-8-13-21-28)34(30-24-16-10-17-25-30)37(35)36(38(2,3)4)39(5,6)7/h8-27,34H,1-7H3/t34-,35+/m1/s1. The molecule has 1 nitrogen and oxygen atoms in total. The van der Waals surface area contributed by atoms with Crippen molar-refractivity contribution in [3.63, 3.8) is 0 Å². The molecule has 1 aliphatic rings. The number of hydrogen-bond donors (Lipinski definition) is 0. The Morgan fingerprint density at radius 2 is 0.974 bits per heavy atom. The maximum absolute atomic E-state index is 3.19. The van der Waals surface area contributed by atoms with Crippen LogP contribution in [0, 0.1) is 0 Å². The van der Waals surface area contributed by atoms with Gasteiger partial charge in [-0.05, 0) is 33.4 Å². The highest BCUT2D eigenvalue weighted by Gasteiger charge is 2.60. The van der Waals surface area contributed by atoms with Crippen LogP contribution in [0.4, 0.5) is 0 Å². The van der Waals surface area contributed by atoms with Gasteiger partial charge in [0, 0.05) is 10.6 Å². The smallest absolute Gasteiger partial charge is 0.151 e. The van der Waals surface area contributed by atoms with Gasteiger partial charge in [0.2, 0.25) is 0 Å². The lowest BCUT2D eigenvalue weighted by Crippen LogP contribution is -2.70. The number of rotatable bonds is 7. The van der Waals surface area contributed by atoms with Crippen LogP contribution in [0.3, 0.4) is 0 Å². The Bertz CT molecular complexity index is 1410. The highest BCUT2D eigenvalue weighted by atomic mass is 28.5. The van der Waals surface area contributed by atoms with E-state index in [1.54, 1.807) is 0 Å². The van der Waals surface area contributed by atoms with E-state index in [9.17, 15) is 0 Å². The molecule has 0 saturated heterocycles. The molecule has 0 bridgehead atoms. The first-order valence-corrected chi connectivity index (χ1v) is 22.6. The van der Waals surface area contributed by atoms with E-state index < -0.39 is 25.4 Å². The fraction of sp³-hybridized carbons (Fsp3) is 0.257. The van der Waals surface area contributed by atoms with Crippen molar-refractivity contribution in [2.45, 2.75) is 56.8 Å². The van der Waals surface area contributed by atoms with Gasteiger partial charge in [-0.15, -0.1) is 0 Å². The van der Waals surface area contributed by atoms with Crippen LogP contribution in [-0.4, -0.2) is 29.3 Å². The topological polar surface area (TPSA) is 3.24 Å². The van der Waals surface area contributed by atoms with Gasteiger partial charge in [-0.1, -0.05) is 168 Å². The summed E-state index contributed by atoms with van der Waals surface area (Å²) in [6, 6.07) is 45.4. The summed E-state index contributed by atoms with van der Waals surface area (Å²) in [5.74, 6) is 0. The molecule has 1 heterocycles. The molecule has 199 valence electrons. The molecule has 4 aromatic rings. The van der Waals surface area contributed by atoms with E-state index >= 15 is 0 Å². The highest BCUT2D eigenvalue weighted by Crippen LogP contribution is 2.59. The summed E-state index contributed by atoms with van der Waals surface area (Å²) in [7, 11) is -4.71. The average Bonchev–Trinajstić information content (AvgIpc) is 3.18. The summed E-state index contributed by atoms with van der Waals surface area (Å²) in [6.45, 7) is 18.1. The number of benzene rings is 4. The molecule has 0 fully saturated rings. The van der Waals surface area contributed by atoms with Crippen LogP contribution in [-0.2, 0) is 5.04 Å². The second kappa shape index (κ2) is 10.7. The monoisotopic (exact) mass is 560 g/mol. The quantitative estimate of drug-likeness (QED) is 0.204. The molecular formula is C35H42NSi3. The van der Waals surface area contributed by atoms with Crippen LogP contribution < -0.4 is 0 Å². The number of allylic oxidation sites excluding steroid dienone is 2. The first kappa shape index (κ1) is 27.8. The first-order chi connectivity index (χ1) is 18.5. The van der Waals surface area contributed by atoms with Gasteiger partial charge in [0.25, 0.3) is 0 Å². The zero-order valence-electron chi connectivity index (χ0n) is 24.6. The minimum Gasteiger partial charge on any atom is -0.368 e. The van der Waals surface area contributed by atoms with E-state index in [0.717, 1.165) is 0 Å². The van der Waals surface area contributed by atoms with Crippen LogP contribution >= 0.6 is 0 Å². The maximum Gasteiger partial charge on any atom is 0.151 e. The van der Waals surface area contributed by atoms with Gasteiger partial charge in [-0.2, -0.15) is 0 Å². The second-order valence-corrected chi connectivity index (χ2v) is 26.6. The first-order valence-electron chi connectivity index (χ1n) is 14.2. The SMILES string of the molecule is C[C@]1(c2ccccc2)C(c2ccccc2)=C(c2ccccc2)[C@@H](c2ccccc2)[Si]1N([Si](C)(C)C)[Si](C)(C)C. The summed E-state index contributed by atoms with van der Waals surface area (Å²) in [4.78, 5) is 0. The Hall–Kier alpha value is -2.77. The predicted molar refractivity (Wildman–Crippen MR) is 177 cm³/mol. The van der Waals surface area contributed by atoms with Crippen molar-refractivity contribution in [1.82, 2.24) is 3.90 Å². The Morgan fingerprint density at radius 1 is 0.564 bits per heavy atom. The van der Waals surface area contributed by atoms with Gasteiger partial charge in [0.05, 0.1) is 0 Å². The molecule has 0 N–H and O–H groups in total. The van der Waals surface area contributed by atoms with E-state index in [2.05, 4.69) is 171 Å². The molecule has 0 aliphatic carbocycles. The molecule has 0 unspecified atom stereocenters. The molecular weight excluding hydrogens is 519 g/mol. The molecule has 0 saturated carbocycles. The van der Waals surface area contributed by atoms with Crippen molar-refractivity contribution < 1.29 is 0 Å². The van der Waals surface area contributed by atoms with E-state index in [1.807, 2.05) is 0 Å². The zero-order chi connectivity index (χ0) is 27.8. The molecule has 39 heavy (non-hydrogen) atoms. The highest BCUT2D eigenvalue weighted by molar-refractivity contribution is 7.01. The van der Waals surface area contributed by atoms with Gasteiger partial charge in [0.15, 0.2) is 8.96 Å². The van der Waals surface area contributed by atoms with Crippen molar-refractivity contribution in [2.75, 3.05) is 0 Å². The fourth-order valence-corrected chi connectivity index (χ4v) is 26.4. The molecule has 5 rings (SSSR count). The van der Waals surface area contributed by atoms with Gasteiger partial charge < -0.3 is 3.90 Å². The summed E-state index contributed by atoms with van der Waals surface area (Å²) in [6.07, 6.45) is 0. The fourth-order valence-electron chi connectivity index (χ4n) is 7.06. The van der Waals surface area contributed by atoms with Crippen LogP contribution in [0.1, 0.15) is 34.7 Å². The van der Waals surface area contributed by atoms with Crippen molar-refractivity contribution >= 4 is 36.6 Å². The lowest BCUT2D eigenvalue weighted by molar-refractivity contribution is 0.763. The molecule has 1 aliphatic heterocycles. The molecule has 4 heteroatoms. The lowest BCUT2D eigenvalue weighted by atomic mass is 9.81. The average molecular weight is 561 g/mol. The van der Waals surface area contributed by atoms with Crippen LogP contribution in [0.2, 0.25) is 39.3 Å². The van der Waals surface area contributed by atoms with E-state index in [0.29, 0.717) is 5.54 Å². The second-order valence-electron chi connectivity index (χ2n) is 12.9. The molecule has 0 amide bonds. The summed E-state index contributed by atoms with van der Waals surface area (Å²) >= 11 is 0. The number of nitrogens with zero attached hydrogens (tertiary/aromatic N) is 1. The van der Waals surface area contributed by atoms with Crippen molar-refractivity contribution in [3.05, 3.63) is 144 Å². The lowest BCUT2D eigenvalue weighted by Gasteiger charge is -2.54. The van der Waals surface area contributed by atoms with E-state index in [1.165, 1.54) is 33.4 Å². The maximum atomic E-state index is 3.19. The van der Waals surface area contributed by atoms with Crippen molar-refractivity contribution in [3.8, 4) is 0 Å². The molecule has 1 radical (unpaired) electrons. The molecule has 2 atom stereocenters. The molecule has 4 aromatic carbocycles. The van der Waals surface area contributed by atoms with Crippen LogP contribution in [0.25, 0.3) is 11.1 Å². The zero-order valence-corrected chi connectivity index (χ0v) is 27.6. The van der Waals surface area contributed by atoms with E-state index in [4.69, 9.17) is 0 Å². The Kier molecular flexibility index (Phi) is 7.59. The Balaban J connectivity index is 1.98. The molecule has 0 aromatic heterocycles. The van der Waals surface area contributed by atoms with Gasteiger partial charge in [-0.3, -0.25) is 0 Å². The largest absolute Gasteiger partial charge is 0.368 e. The minimum absolute atomic E-state index is 0.112. The summed E-state index contributed by atoms with van der Waals surface area (Å²) in [5.41, 5.74) is 9.01. The van der Waals surface area contributed by atoms with Gasteiger partial charge >= 0.3 is 0 Å². The normalized spacial score (nSPS) is 20.6. The third kappa shape index (κ3) is 5.11. The summed E-state index contributed by atoms with van der Waals surface area (Å²) < 4.78 is 3.19. The third-order valence-corrected chi connectivity index (χ3v) is 23.5. The Morgan fingerprint density at radius 3 is 1.44 bits per heavy atom. The van der Waals surface area contributed by atoms with Gasteiger partial charge in [-0.25, -0.2) is 0 Å².